The summed E-state index contributed by atoms with van der Waals surface area (Å²) in [6.07, 6.45) is 1.01. The van der Waals surface area contributed by atoms with Crippen LogP contribution in [0.25, 0.3) is 0 Å². The van der Waals surface area contributed by atoms with Crippen LogP contribution in [-0.4, -0.2) is 53.1 Å². The molecule has 2 rings (SSSR count). The predicted octanol–water partition coefficient (Wildman–Crippen LogP) is 1.97. The number of likely N-dealkylation sites (N-methyl/N-ethyl adjacent to an activating group) is 1. The Bertz CT molecular complexity index is 426. The van der Waals surface area contributed by atoms with E-state index in [0.29, 0.717) is 6.04 Å². The average molecular weight is 294 g/mol. The van der Waals surface area contributed by atoms with Gasteiger partial charge in [0.1, 0.15) is 5.82 Å². The third-order valence-corrected chi connectivity index (χ3v) is 4.96. The first-order valence-corrected chi connectivity index (χ1v) is 8.61. The second kappa shape index (κ2) is 7.38. The van der Waals surface area contributed by atoms with E-state index in [0.717, 1.165) is 49.0 Å². The summed E-state index contributed by atoms with van der Waals surface area (Å²) in [5, 5.41) is 3.37. The van der Waals surface area contributed by atoms with Crippen LogP contribution in [0.15, 0.2) is 0 Å². The van der Waals surface area contributed by atoms with Gasteiger partial charge in [0.25, 0.3) is 0 Å². The maximum Gasteiger partial charge on any atom is 0.146 e. The van der Waals surface area contributed by atoms with Crippen molar-refractivity contribution in [1.82, 2.24) is 20.2 Å². The molecule has 1 N–H and O–H groups in total. The van der Waals surface area contributed by atoms with Gasteiger partial charge in [0, 0.05) is 29.4 Å². The number of nitrogens with one attached hydrogen (secondary N) is 1. The molecule has 5 heteroatoms. The summed E-state index contributed by atoms with van der Waals surface area (Å²) in [6, 6.07) is 0.369. The molecule has 4 nitrogen and oxygen atoms in total. The second-order valence-corrected chi connectivity index (χ2v) is 6.56. The SMILES string of the molecule is CCNCCc1c(C)nc(C2CSCCN2C)nc1C. The van der Waals surface area contributed by atoms with Crippen molar-refractivity contribution >= 4 is 11.8 Å². The molecule has 2 heterocycles. The predicted molar refractivity (Wildman–Crippen MR) is 86.4 cm³/mol. The number of thioether (sulfide) groups is 1. The van der Waals surface area contributed by atoms with Gasteiger partial charge in [0.15, 0.2) is 0 Å². The normalized spacial score (nSPS) is 20.3. The molecule has 0 saturated carbocycles. The van der Waals surface area contributed by atoms with E-state index in [1.165, 1.54) is 11.3 Å². The maximum absolute atomic E-state index is 4.79. The molecule has 0 bridgehead atoms. The quantitative estimate of drug-likeness (QED) is 0.841. The van der Waals surface area contributed by atoms with Crippen LogP contribution in [0.1, 0.15) is 35.7 Å². The minimum absolute atomic E-state index is 0.369. The van der Waals surface area contributed by atoms with Gasteiger partial charge in [0.05, 0.1) is 6.04 Å². The molecule has 0 aromatic carbocycles. The lowest BCUT2D eigenvalue weighted by atomic mass is 10.1. The molecular formula is C15H26N4S. The summed E-state index contributed by atoms with van der Waals surface area (Å²) in [5.41, 5.74) is 3.60. The van der Waals surface area contributed by atoms with E-state index in [1.807, 2.05) is 11.8 Å². The molecule has 1 atom stereocenters. The average Bonchev–Trinajstić information content (AvgIpc) is 2.42. The van der Waals surface area contributed by atoms with Crippen molar-refractivity contribution in [2.75, 3.05) is 38.2 Å². The molecule has 20 heavy (non-hydrogen) atoms. The van der Waals surface area contributed by atoms with Gasteiger partial charge in [-0.05, 0) is 46.0 Å². The third kappa shape index (κ3) is 3.71. The van der Waals surface area contributed by atoms with Crippen LogP contribution in [0.4, 0.5) is 0 Å². The third-order valence-electron chi connectivity index (χ3n) is 3.93. The summed E-state index contributed by atoms with van der Waals surface area (Å²) < 4.78 is 0. The Morgan fingerprint density at radius 1 is 1.30 bits per heavy atom. The molecule has 0 spiro atoms. The summed E-state index contributed by atoms with van der Waals surface area (Å²) in [4.78, 5) is 12.0. The molecule has 0 aliphatic carbocycles. The van der Waals surface area contributed by atoms with Crippen LogP contribution >= 0.6 is 11.8 Å². The molecule has 0 radical (unpaired) electrons. The highest BCUT2D eigenvalue weighted by molar-refractivity contribution is 7.99. The Labute approximate surface area is 126 Å². The zero-order valence-electron chi connectivity index (χ0n) is 13.1. The second-order valence-electron chi connectivity index (χ2n) is 5.41. The molecule has 1 fully saturated rings. The van der Waals surface area contributed by atoms with Crippen molar-refractivity contribution < 1.29 is 0 Å². The van der Waals surface area contributed by atoms with E-state index in [9.17, 15) is 0 Å². The summed E-state index contributed by atoms with van der Waals surface area (Å²) >= 11 is 2.00. The lowest BCUT2D eigenvalue weighted by Crippen LogP contribution is -2.34. The molecular weight excluding hydrogens is 268 g/mol. The van der Waals surface area contributed by atoms with Gasteiger partial charge in [-0.3, -0.25) is 4.90 Å². The van der Waals surface area contributed by atoms with Gasteiger partial charge in [-0.2, -0.15) is 11.8 Å². The summed E-state index contributed by atoms with van der Waals surface area (Å²) in [6.45, 7) is 9.51. The molecule has 1 aromatic rings. The highest BCUT2D eigenvalue weighted by atomic mass is 32.2. The van der Waals surface area contributed by atoms with Crippen molar-refractivity contribution in [3.05, 3.63) is 22.8 Å². The van der Waals surface area contributed by atoms with E-state index in [4.69, 9.17) is 9.97 Å². The van der Waals surface area contributed by atoms with Gasteiger partial charge in [0.2, 0.25) is 0 Å². The lowest BCUT2D eigenvalue weighted by molar-refractivity contribution is 0.264. The number of hydrogen-bond donors (Lipinski definition) is 1. The van der Waals surface area contributed by atoms with Crippen molar-refractivity contribution in [2.24, 2.45) is 0 Å². The van der Waals surface area contributed by atoms with Gasteiger partial charge in [-0.15, -0.1) is 0 Å². The fraction of sp³-hybridized carbons (Fsp3) is 0.733. The molecule has 1 aromatic heterocycles. The molecule has 0 amide bonds. The van der Waals surface area contributed by atoms with Crippen LogP contribution < -0.4 is 5.32 Å². The monoisotopic (exact) mass is 294 g/mol. The van der Waals surface area contributed by atoms with Gasteiger partial charge in [-0.25, -0.2) is 9.97 Å². The maximum atomic E-state index is 4.79. The zero-order valence-corrected chi connectivity index (χ0v) is 13.9. The van der Waals surface area contributed by atoms with Crippen LogP contribution in [0, 0.1) is 13.8 Å². The first-order valence-electron chi connectivity index (χ1n) is 7.46. The van der Waals surface area contributed by atoms with E-state index in [1.54, 1.807) is 0 Å². The molecule has 112 valence electrons. The highest BCUT2D eigenvalue weighted by Gasteiger charge is 2.24. The van der Waals surface area contributed by atoms with Crippen LogP contribution in [-0.2, 0) is 6.42 Å². The summed E-state index contributed by atoms with van der Waals surface area (Å²) in [5.74, 6) is 3.32. The van der Waals surface area contributed by atoms with E-state index < -0.39 is 0 Å². The van der Waals surface area contributed by atoms with E-state index >= 15 is 0 Å². The largest absolute Gasteiger partial charge is 0.317 e. The van der Waals surface area contributed by atoms with Crippen LogP contribution in [0.5, 0.6) is 0 Å². The van der Waals surface area contributed by atoms with Crippen molar-refractivity contribution in [1.29, 1.82) is 0 Å². The van der Waals surface area contributed by atoms with Crippen LogP contribution in [0.3, 0.4) is 0 Å². The van der Waals surface area contributed by atoms with Gasteiger partial charge in [-0.1, -0.05) is 6.92 Å². The fourth-order valence-corrected chi connectivity index (χ4v) is 3.84. The Morgan fingerprint density at radius 2 is 2.00 bits per heavy atom. The number of nitrogens with zero attached hydrogens (tertiary/aromatic N) is 3. The standard InChI is InChI=1S/C15H26N4S/c1-5-16-7-6-13-11(2)17-15(18-12(13)3)14-10-20-9-8-19(14)4/h14,16H,5-10H2,1-4H3. The topological polar surface area (TPSA) is 41.1 Å². The number of aryl methyl sites for hydroxylation is 2. The highest BCUT2D eigenvalue weighted by Crippen LogP contribution is 2.27. The number of rotatable bonds is 5. The first kappa shape index (κ1) is 15.7. The fourth-order valence-electron chi connectivity index (χ4n) is 2.62. The zero-order chi connectivity index (χ0) is 14.5. The molecule has 1 aliphatic rings. The molecule has 1 aliphatic heterocycles. The van der Waals surface area contributed by atoms with Gasteiger partial charge < -0.3 is 5.32 Å². The Hall–Kier alpha value is -0.650. The Balaban J connectivity index is 2.16. The smallest absolute Gasteiger partial charge is 0.146 e. The Kier molecular flexibility index (Phi) is 5.81. The van der Waals surface area contributed by atoms with E-state index in [2.05, 4.69) is 38.0 Å². The van der Waals surface area contributed by atoms with Crippen LogP contribution in [0.2, 0.25) is 0 Å². The molecule has 1 saturated heterocycles. The lowest BCUT2D eigenvalue weighted by Gasteiger charge is -2.31. The molecule has 1 unspecified atom stereocenters. The van der Waals surface area contributed by atoms with Crippen molar-refractivity contribution in [3.8, 4) is 0 Å². The van der Waals surface area contributed by atoms with Crippen molar-refractivity contribution in [2.45, 2.75) is 33.2 Å². The Morgan fingerprint density at radius 3 is 2.60 bits per heavy atom. The number of aromatic nitrogens is 2. The first-order chi connectivity index (χ1) is 9.63. The van der Waals surface area contributed by atoms with Gasteiger partial charge >= 0.3 is 0 Å². The minimum Gasteiger partial charge on any atom is -0.317 e. The van der Waals surface area contributed by atoms with Crippen molar-refractivity contribution in [3.63, 3.8) is 0 Å². The van der Waals surface area contributed by atoms with E-state index in [-0.39, 0.29) is 0 Å². The number of hydrogen-bond acceptors (Lipinski definition) is 5. The minimum atomic E-state index is 0.369. The summed E-state index contributed by atoms with van der Waals surface area (Å²) in [7, 11) is 2.18.